The van der Waals surface area contributed by atoms with Crippen molar-refractivity contribution in [3.05, 3.63) is 47.4 Å². The van der Waals surface area contributed by atoms with Gasteiger partial charge in [0.05, 0.1) is 24.3 Å². The fourth-order valence-electron chi connectivity index (χ4n) is 4.49. The molecule has 164 valence electrons. The molecule has 30 heavy (non-hydrogen) atoms. The number of hydrogen-bond donors (Lipinski definition) is 1. The average molecular weight is 426 g/mol. The molecular formula is C21H25F4N3O2. The Balaban J connectivity index is 1.28. The zero-order valence-corrected chi connectivity index (χ0v) is 16.6. The molecule has 2 atom stereocenters. The summed E-state index contributed by atoms with van der Waals surface area (Å²) < 4.78 is 59.1. The Hall–Kier alpha value is -2.29. The highest BCUT2D eigenvalue weighted by atomic mass is 19.4. The van der Waals surface area contributed by atoms with Crippen LogP contribution in [0, 0.1) is 11.7 Å². The molecule has 1 aromatic rings. The van der Waals surface area contributed by atoms with Crippen molar-refractivity contribution in [2.45, 2.75) is 37.6 Å². The summed E-state index contributed by atoms with van der Waals surface area (Å²) in [5, 5.41) is 3.29. The molecule has 0 spiro atoms. The number of morpholine rings is 1. The van der Waals surface area contributed by atoms with Gasteiger partial charge in [-0.15, -0.1) is 0 Å². The largest absolute Gasteiger partial charge is 0.416 e. The minimum atomic E-state index is -4.58. The van der Waals surface area contributed by atoms with E-state index in [4.69, 9.17) is 4.74 Å². The molecule has 0 aromatic heterocycles. The van der Waals surface area contributed by atoms with Gasteiger partial charge in [-0.1, -0.05) is 12.6 Å². The van der Waals surface area contributed by atoms with Gasteiger partial charge in [0.2, 0.25) is 0 Å². The maximum atomic E-state index is 14.0. The maximum absolute atomic E-state index is 14.0. The first-order valence-corrected chi connectivity index (χ1v) is 10.2. The molecule has 5 nitrogen and oxygen atoms in total. The molecule has 1 aromatic carbocycles. The molecule has 3 aliphatic heterocycles. The summed E-state index contributed by atoms with van der Waals surface area (Å²) in [7, 11) is 0. The minimum absolute atomic E-state index is 0.00501. The van der Waals surface area contributed by atoms with Crippen LogP contribution in [0.3, 0.4) is 0 Å². The third-order valence-corrected chi connectivity index (χ3v) is 6.14. The number of piperidine rings is 1. The third kappa shape index (κ3) is 4.26. The Morgan fingerprint density at radius 1 is 1.23 bits per heavy atom. The van der Waals surface area contributed by atoms with Gasteiger partial charge in [-0.05, 0) is 37.3 Å². The molecule has 2 amide bonds. The molecule has 4 rings (SSSR count). The number of rotatable bonds is 3. The lowest BCUT2D eigenvalue weighted by atomic mass is 9.86. The van der Waals surface area contributed by atoms with Crippen molar-refractivity contribution in [2.24, 2.45) is 5.92 Å². The summed E-state index contributed by atoms with van der Waals surface area (Å²) in [6.45, 7) is 6.47. The minimum Gasteiger partial charge on any atom is -0.380 e. The van der Waals surface area contributed by atoms with E-state index in [0.717, 1.165) is 30.3 Å². The van der Waals surface area contributed by atoms with E-state index >= 15 is 0 Å². The van der Waals surface area contributed by atoms with Crippen LogP contribution in [0.5, 0.6) is 0 Å². The van der Waals surface area contributed by atoms with Crippen LogP contribution < -0.4 is 5.32 Å². The van der Waals surface area contributed by atoms with E-state index in [9.17, 15) is 22.4 Å². The van der Waals surface area contributed by atoms with Crippen molar-refractivity contribution in [1.82, 2.24) is 15.1 Å². The van der Waals surface area contributed by atoms with Crippen LogP contribution in [0.25, 0.3) is 0 Å². The molecule has 3 aliphatic rings. The Morgan fingerprint density at radius 2 is 2.00 bits per heavy atom. The number of halogens is 4. The van der Waals surface area contributed by atoms with E-state index in [2.05, 4.69) is 11.9 Å². The van der Waals surface area contributed by atoms with Gasteiger partial charge in [-0.25, -0.2) is 9.18 Å². The van der Waals surface area contributed by atoms with Gasteiger partial charge in [0.15, 0.2) is 0 Å². The molecule has 0 radical (unpaired) electrons. The second-order valence-corrected chi connectivity index (χ2v) is 8.29. The number of nitrogens with one attached hydrogen (secondary N) is 1. The highest BCUT2D eigenvalue weighted by Gasteiger charge is 2.40. The molecule has 0 saturated carbocycles. The molecule has 3 fully saturated rings. The highest BCUT2D eigenvalue weighted by molar-refractivity contribution is 5.75. The zero-order chi connectivity index (χ0) is 21.5. The lowest BCUT2D eigenvalue weighted by Crippen LogP contribution is -2.62. The SMILES string of the molecule is C=C1CO[C@H]2CCN([11C](=O)N3CC(CCc4c(F)cccc4C(F)(F)F)C3)C[C@H]2N1. The molecule has 0 bridgehead atoms. The number of nitrogens with zero attached hydrogens (tertiary/aromatic N) is 2. The number of alkyl halides is 3. The molecule has 0 aliphatic carbocycles. The summed E-state index contributed by atoms with van der Waals surface area (Å²) in [6.07, 6.45) is -3.33. The van der Waals surface area contributed by atoms with Gasteiger partial charge in [-0.3, -0.25) is 0 Å². The summed E-state index contributed by atoms with van der Waals surface area (Å²) in [5.41, 5.74) is -0.400. The quantitative estimate of drug-likeness (QED) is 0.754. The maximum Gasteiger partial charge on any atom is 0.416 e. The molecule has 1 N–H and O–H groups in total. The predicted molar refractivity (Wildman–Crippen MR) is 102 cm³/mol. The van der Waals surface area contributed by atoms with Crippen molar-refractivity contribution in [2.75, 3.05) is 32.8 Å². The normalized spacial score (nSPS) is 24.9. The summed E-state index contributed by atoms with van der Waals surface area (Å²) in [4.78, 5) is 16.2. The molecule has 0 unspecified atom stereocenters. The van der Waals surface area contributed by atoms with Gasteiger partial charge < -0.3 is 19.9 Å². The topological polar surface area (TPSA) is 44.8 Å². The van der Waals surface area contributed by atoms with Gasteiger partial charge in [0.25, 0.3) is 0 Å². The standard InChI is InChI=1S/C21H25F4N3O2/c1-13-12-30-19-7-8-27(11-18(19)26-13)20(29)28-9-14(10-28)5-6-15-16(21(23,24)25)3-2-4-17(15)22/h2-4,14,18-19,26H,1,5-12H2/t18-,19+/m1/s1/i20-1. The van der Waals surface area contributed by atoms with Crippen molar-refractivity contribution >= 4 is 6.03 Å². The van der Waals surface area contributed by atoms with Crippen LogP contribution in [0.2, 0.25) is 0 Å². The number of benzene rings is 1. The Bertz CT molecular complexity index is 823. The number of fused-ring (bicyclic) bond motifs is 1. The molecular weight excluding hydrogens is 401 g/mol. The van der Waals surface area contributed by atoms with Crippen molar-refractivity contribution in [3.8, 4) is 0 Å². The number of carbonyl (C=O) groups is 1. The first kappa shape index (κ1) is 21.0. The Labute approximate surface area is 172 Å². The second-order valence-electron chi connectivity index (χ2n) is 8.29. The van der Waals surface area contributed by atoms with Crippen molar-refractivity contribution in [3.63, 3.8) is 0 Å². The number of urea groups is 1. The summed E-state index contributed by atoms with van der Waals surface area (Å²) in [5.74, 6) is -0.758. The summed E-state index contributed by atoms with van der Waals surface area (Å²) in [6, 6.07) is 3.02. The monoisotopic (exact) mass is 426 g/mol. The second kappa shape index (κ2) is 8.09. The van der Waals surface area contributed by atoms with Crippen LogP contribution in [0.1, 0.15) is 24.0 Å². The number of likely N-dealkylation sites (tertiary alicyclic amines) is 2. The predicted octanol–water partition coefficient (Wildman–Crippen LogP) is 3.41. The fourth-order valence-corrected chi connectivity index (χ4v) is 4.49. The average Bonchev–Trinajstić information content (AvgIpc) is 2.66. The lowest BCUT2D eigenvalue weighted by Gasteiger charge is -2.46. The Kier molecular flexibility index (Phi) is 5.65. The van der Waals surface area contributed by atoms with E-state index in [1.807, 2.05) is 0 Å². The number of amides is 2. The number of carbonyl (C=O) groups excluding carboxylic acids is 1. The van der Waals surface area contributed by atoms with Crippen molar-refractivity contribution < 1.29 is 27.1 Å². The number of ether oxygens (including phenoxy) is 1. The van der Waals surface area contributed by atoms with Crippen molar-refractivity contribution in [1.29, 1.82) is 0 Å². The molecule has 9 heteroatoms. The van der Waals surface area contributed by atoms with E-state index in [-0.39, 0.29) is 36.1 Å². The van der Waals surface area contributed by atoms with E-state index < -0.39 is 17.6 Å². The fraction of sp³-hybridized carbons (Fsp3) is 0.571. The highest BCUT2D eigenvalue weighted by Crippen LogP contribution is 2.35. The van der Waals surface area contributed by atoms with Gasteiger partial charge in [0, 0.05) is 37.4 Å². The smallest absolute Gasteiger partial charge is 0.380 e. The first-order valence-electron chi connectivity index (χ1n) is 10.2. The van der Waals surface area contributed by atoms with Crippen LogP contribution in [-0.2, 0) is 17.3 Å². The van der Waals surface area contributed by atoms with E-state index in [0.29, 0.717) is 39.2 Å². The van der Waals surface area contributed by atoms with Crippen LogP contribution in [-0.4, -0.2) is 60.8 Å². The van der Waals surface area contributed by atoms with Gasteiger partial charge in [0.1, 0.15) is 5.82 Å². The first-order chi connectivity index (χ1) is 14.2. The summed E-state index contributed by atoms with van der Waals surface area (Å²) >= 11 is 0. The molecule has 3 saturated heterocycles. The van der Waals surface area contributed by atoms with E-state index in [1.165, 1.54) is 0 Å². The van der Waals surface area contributed by atoms with Gasteiger partial charge >= 0.3 is 12.2 Å². The molecule has 3 heterocycles. The van der Waals surface area contributed by atoms with Crippen LogP contribution in [0.4, 0.5) is 22.4 Å². The van der Waals surface area contributed by atoms with Crippen LogP contribution in [0.15, 0.2) is 30.5 Å². The van der Waals surface area contributed by atoms with Crippen LogP contribution >= 0.6 is 0 Å². The number of hydrogen-bond acceptors (Lipinski definition) is 3. The zero-order valence-electron chi connectivity index (χ0n) is 16.6. The Morgan fingerprint density at radius 3 is 2.73 bits per heavy atom. The van der Waals surface area contributed by atoms with E-state index in [1.54, 1.807) is 9.80 Å². The third-order valence-electron chi connectivity index (χ3n) is 6.14. The van der Waals surface area contributed by atoms with Gasteiger partial charge in [-0.2, -0.15) is 13.2 Å². The lowest BCUT2D eigenvalue weighted by molar-refractivity contribution is -0.138.